The Bertz CT molecular complexity index is 1090. The van der Waals surface area contributed by atoms with Gasteiger partial charge < -0.3 is 25.3 Å². The number of nitrogens with zero attached hydrogens (tertiary/aromatic N) is 3. The molecule has 3 aliphatic carbocycles. The molecule has 0 aromatic rings. The highest BCUT2D eigenvalue weighted by molar-refractivity contribution is 6.13. The smallest absolute Gasteiger partial charge is 0.251 e. The number of methoxy groups -OCH3 is 1. The first-order valence-electron chi connectivity index (χ1n) is 12.8. The van der Waals surface area contributed by atoms with Gasteiger partial charge in [-0.3, -0.25) is 9.79 Å². The Morgan fingerprint density at radius 2 is 1.89 bits per heavy atom. The van der Waals surface area contributed by atoms with Crippen molar-refractivity contribution in [1.29, 1.82) is 0 Å². The summed E-state index contributed by atoms with van der Waals surface area (Å²) in [4.78, 5) is 19.3. The van der Waals surface area contributed by atoms with E-state index in [1.807, 2.05) is 37.2 Å². The number of oxime groups is 1. The summed E-state index contributed by atoms with van der Waals surface area (Å²) in [7, 11) is 7.00. The summed E-state index contributed by atoms with van der Waals surface area (Å²) in [5.41, 5.74) is 3.32. The lowest BCUT2D eigenvalue weighted by Crippen LogP contribution is -2.35. The van der Waals surface area contributed by atoms with Crippen LogP contribution in [0.5, 0.6) is 0 Å². The number of allylic oxidation sites excluding steroid dienone is 8. The summed E-state index contributed by atoms with van der Waals surface area (Å²) in [6, 6.07) is 0. The number of nitrogens with one attached hydrogen (secondary N) is 1. The average molecular weight is 509 g/mol. The standard InChI is InChI=1S/C29H40N4O4/c1-20(8-6-11-27(32-36)37-5)28(34)31-25-18-22(24(30-2)19-26(25)33(3)4)10-7-9-21-14-16-29(35,17-15-21)23-12-13-23/h6-11,18-19,21,23,35-36H,12-17H2,1-5H3,(H,31,34)/b9-7+,11-6-,20-8+,22-10-,30-24-,32-27-. The molecule has 3 aliphatic rings. The monoisotopic (exact) mass is 508 g/mol. The highest BCUT2D eigenvalue weighted by atomic mass is 16.5. The highest BCUT2D eigenvalue weighted by Crippen LogP contribution is 2.48. The van der Waals surface area contributed by atoms with E-state index in [1.165, 1.54) is 26.0 Å². The van der Waals surface area contributed by atoms with Crippen LogP contribution in [0.4, 0.5) is 0 Å². The minimum absolute atomic E-state index is 0.0401. The Labute approximate surface area is 220 Å². The molecule has 2 fully saturated rings. The molecule has 0 atom stereocenters. The van der Waals surface area contributed by atoms with Gasteiger partial charge in [-0.25, -0.2) is 0 Å². The van der Waals surface area contributed by atoms with Gasteiger partial charge in [0, 0.05) is 38.4 Å². The number of carbonyl (C=O) groups excluding carboxylic acids is 1. The van der Waals surface area contributed by atoms with Gasteiger partial charge in [-0.15, -0.1) is 0 Å². The van der Waals surface area contributed by atoms with Crippen LogP contribution in [-0.4, -0.2) is 66.6 Å². The van der Waals surface area contributed by atoms with E-state index < -0.39 is 5.60 Å². The molecule has 0 aromatic carbocycles. The minimum Gasteiger partial charge on any atom is -0.479 e. The Balaban J connectivity index is 1.73. The maximum absolute atomic E-state index is 12.9. The van der Waals surface area contributed by atoms with E-state index in [0.717, 1.165) is 42.7 Å². The zero-order valence-electron chi connectivity index (χ0n) is 22.6. The van der Waals surface area contributed by atoms with Gasteiger partial charge in [0.25, 0.3) is 5.91 Å². The molecule has 0 aliphatic heterocycles. The SMILES string of the molecule is C/N=C1/C=C(N(C)C)C(NC(=O)/C(C)=C/C=C\C(=N\O)OC)=C/C1=C/C=C/C1CCC(O)(C2CC2)CC1. The first kappa shape index (κ1) is 28.2. The van der Waals surface area contributed by atoms with Crippen LogP contribution in [0.1, 0.15) is 45.4 Å². The van der Waals surface area contributed by atoms with Gasteiger partial charge in [-0.1, -0.05) is 30.4 Å². The molecule has 8 nitrogen and oxygen atoms in total. The van der Waals surface area contributed by atoms with Gasteiger partial charge in [0.05, 0.1) is 29.8 Å². The topological polar surface area (TPSA) is 107 Å². The second-order valence-corrected chi connectivity index (χ2v) is 10.1. The number of ether oxygens (including phenoxy) is 1. The number of aliphatic hydroxyl groups is 1. The number of likely N-dealkylation sites (N-methyl/N-ethyl adjacent to an activating group) is 1. The minimum atomic E-state index is -0.432. The average Bonchev–Trinajstić information content (AvgIpc) is 3.74. The second-order valence-electron chi connectivity index (χ2n) is 10.1. The fraction of sp³-hybridized carbons (Fsp3) is 0.483. The molecule has 1 amide bonds. The molecule has 37 heavy (non-hydrogen) atoms. The van der Waals surface area contributed by atoms with Crippen LogP contribution >= 0.6 is 0 Å². The fourth-order valence-corrected chi connectivity index (χ4v) is 4.78. The molecule has 200 valence electrons. The van der Waals surface area contributed by atoms with Crippen molar-refractivity contribution in [3.05, 3.63) is 71.1 Å². The number of amides is 1. The number of hydrogen-bond donors (Lipinski definition) is 3. The molecule has 2 saturated carbocycles. The lowest BCUT2D eigenvalue weighted by molar-refractivity contribution is -0.116. The van der Waals surface area contributed by atoms with Gasteiger partial charge in [-0.05, 0) is 74.6 Å². The summed E-state index contributed by atoms with van der Waals surface area (Å²) < 4.78 is 4.86. The zero-order chi connectivity index (χ0) is 27.0. The van der Waals surface area contributed by atoms with Crippen LogP contribution in [0.25, 0.3) is 0 Å². The fourth-order valence-electron chi connectivity index (χ4n) is 4.78. The summed E-state index contributed by atoms with van der Waals surface area (Å²) in [6.07, 6.45) is 21.1. The maximum Gasteiger partial charge on any atom is 0.251 e. The molecule has 8 heteroatoms. The first-order chi connectivity index (χ1) is 17.7. The lowest BCUT2D eigenvalue weighted by Gasteiger charge is -2.35. The van der Waals surface area contributed by atoms with Gasteiger partial charge in [0.1, 0.15) is 0 Å². The molecular weight excluding hydrogens is 468 g/mol. The van der Waals surface area contributed by atoms with E-state index in [2.05, 4.69) is 27.6 Å². The van der Waals surface area contributed by atoms with E-state index in [9.17, 15) is 9.90 Å². The normalized spacial score (nSPS) is 27.6. The van der Waals surface area contributed by atoms with Crippen molar-refractivity contribution in [2.75, 3.05) is 28.3 Å². The third-order valence-corrected chi connectivity index (χ3v) is 7.26. The number of rotatable bonds is 8. The van der Waals surface area contributed by atoms with Crippen LogP contribution < -0.4 is 5.32 Å². The van der Waals surface area contributed by atoms with Gasteiger partial charge in [0.15, 0.2) is 0 Å². The summed E-state index contributed by atoms with van der Waals surface area (Å²) >= 11 is 0. The van der Waals surface area contributed by atoms with E-state index in [-0.39, 0.29) is 11.8 Å². The quantitative estimate of drug-likeness (QED) is 0.113. The van der Waals surface area contributed by atoms with Crippen LogP contribution in [0.15, 0.2) is 81.3 Å². The first-order valence-corrected chi connectivity index (χ1v) is 12.8. The third kappa shape index (κ3) is 7.55. The van der Waals surface area contributed by atoms with Crippen molar-refractivity contribution in [2.45, 2.75) is 51.0 Å². The summed E-state index contributed by atoms with van der Waals surface area (Å²) in [5.74, 6) is 0.778. The van der Waals surface area contributed by atoms with Crippen LogP contribution in [0.2, 0.25) is 0 Å². The van der Waals surface area contributed by atoms with Crippen molar-refractivity contribution in [2.24, 2.45) is 22.0 Å². The highest BCUT2D eigenvalue weighted by Gasteiger charge is 2.45. The molecular formula is C29H40N4O4. The largest absolute Gasteiger partial charge is 0.479 e. The van der Waals surface area contributed by atoms with Crippen molar-refractivity contribution >= 4 is 17.5 Å². The van der Waals surface area contributed by atoms with Crippen LogP contribution in [-0.2, 0) is 9.53 Å². The third-order valence-electron chi connectivity index (χ3n) is 7.26. The Kier molecular flexibility index (Phi) is 9.69. The molecule has 3 rings (SSSR count). The molecule has 0 bridgehead atoms. The van der Waals surface area contributed by atoms with Crippen molar-refractivity contribution in [3.8, 4) is 0 Å². The Morgan fingerprint density at radius 3 is 2.46 bits per heavy atom. The molecule has 0 aromatic heterocycles. The van der Waals surface area contributed by atoms with Gasteiger partial charge in [0.2, 0.25) is 5.90 Å². The lowest BCUT2D eigenvalue weighted by atomic mass is 9.76. The Morgan fingerprint density at radius 1 is 1.19 bits per heavy atom. The number of carbonyl (C=O) groups is 1. The van der Waals surface area contributed by atoms with Crippen molar-refractivity contribution in [3.63, 3.8) is 0 Å². The molecule has 0 heterocycles. The molecule has 0 radical (unpaired) electrons. The van der Waals surface area contributed by atoms with E-state index >= 15 is 0 Å². The van der Waals surface area contributed by atoms with E-state index in [1.54, 1.807) is 26.1 Å². The molecule has 0 saturated heterocycles. The van der Waals surface area contributed by atoms with Gasteiger partial charge in [-0.2, -0.15) is 0 Å². The summed E-state index contributed by atoms with van der Waals surface area (Å²) in [6.45, 7) is 1.71. The molecule has 0 unspecified atom stereocenters. The van der Waals surface area contributed by atoms with Crippen molar-refractivity contribution in [1.82, 2.24) is 10.2 Å². The predicted molar refractivity (Wildman–Crippen MR) is 147 cm³/mol. The molecule has 3 N–H and O–H groups in total. The molecule has 0 spiro atoms. The predicted octanol–water partition coefficient (Wildman–Crippen LogP) is 4.27. The number of aliphatic imine (C=N–C) groups is 1. The van der Waals surface area contributed by atoms with Crippen molar-refractivity contribution < 1.29 is 19.8 Å². The van der Waals surface area contributed by atoms with Crippen LogP contribution in [0.3, 0.4) is 0 Å². The maximum atomic E-state index is 12.9. The van der Waals surface area contributed by atoms with Gasteiger partial charge >= 0.3 is 0 Å². The number of hydrogen-bond acceptors (Lipinski definition) is 7. The Hall–Kier alpha value is -3.39. The zero-order valence-corrected chi connectivity index (χ0v) is 22.6. The summed E-state index contributed by atoms with van der Waals surface area (Å²) in [5, 5.41) is 25.6. The second kappa shape index (κ2) is 12.7. The van der Waals surface area contributed by atoms with E-state index in [4.69, 9.17) is 9.94 Å². The van der Waals surface area contributed by atoms with Crippen LogP contribution in [0, 0.1) is 11.8 Å². The van der Waals surface area contributed by atoms with E-state index in [0.29, 0.717) is 23.1 Å².